The molecule has 1 aromatic carbocycles. The molecule has 0 heterocycles. The summed E-state index contributed by atoms with van der Waals surface area (Å²) in [5.41, 5.74) is -0.785. The molecule has 1 aromatic rings. The molecule has 0 aliphatic carbocycles. The fraction of sp³-hybridized carbons (Fsp3) is 0.700. The maximum absolute atomic E-state index is 12.9. The van der Waals surface area contributed by atoms with E-state index < -0.39 is 32.5 Å². The molecule has 0 bridgehead atoms. The van der Waals surface area contributed by atoms with Crippen LogP contribution in [0.2, 0.25) is 0 Å². The highest BCUT2D eigenvalue weighted by molar-refractivity contribution is 7.86. The van der Waals surface area contributed by atoms with E-state index in [4.69, 9.17) is 9.47 Å². The molecule has 0 aromatic heterocycles. The minimum absolute atomic E-state index is 0.0107. The number of carbonyl (C=O) groups is 2. The van der Waals surface area contributed by atoms with Gasteiger partial charge < -0.3 is 9.47 Å². The van der Waals surface area contributed by atoms with E-state index in [-0.39, 0.29) is 18.8 Å². The first kappa shape index (κ1) is 43.6. The number of hydrogen-bond acceptors (Lipinski definition) is 6. The molecule has 0 unspecified atom stereocenters. The second-order valence-electron chi connectivity index (χ2n) is 12.9. The van der Waals surface area contributed by atoms with Crippen LogP contribution < -0.4 is 0 Å². The van der Waals surface area contributed by atoms with Gasteiger partial charge in [-0.15, -0.1) is 0 Å². The molecule has 0 aliphatic rings. The highest BCUT2D eigenvalue weighted by Crippen LogP contribution is 2.22. The van der Waals surface area contributed by atoms with Crippen molar-refractivity contribution in [2.24, 2.45) is 0 Å². The van der Waals surface area contributed by atoms with Crippen LogP contribution in [0, 0.1) is 0 Å². The molecule has 7 nitrogen and oxygen atoms in total. The van der Waals surface area contributed by atoms with Gasteiger partial charge in [0, 0.05) is 0 Å². The zero-order chi connectivity index (χ0) is 35.1. The topological polar surface area (TPSA) is 107 Å². The molecule has 8 heteroatoms. The van der Waals surface area contributed by atoms with Crippen molar-refractivity contribution in [2.75, 3.05) is 13.2 Å². The Balaban J connectivity index is 2.39. The molecule has 274 valence electrons. The minimum atomic E-state index is -4.79. The molecular formula is C40H66O7S. The van der Waals surface area contributed by atoms with E-state index in [1.807, 2.05) is 12.2 Å². The standard InChI is InChI=1S/C40H66O7S/c1-3-5-7-9-11-13-15-17-19-21-23-25-27-29-34-46-39(41)36-32-31-33-37(48(43,44)45)38(36)40(42)47-35-30-28-26-24-22-20-18-16-14-12-10-8-6-4-2/h27-33H,3-26,34-35H2,1-2H3,(H,43,44,45)/b29-27+,30-28+. The molecule has 0 spiro atoms. The normalized spacial score (nSPS) is 11.9. The van der Waals surface area contributed by atoms with Crippen molar-refractivity contribution in [3.05, 3.63) is 53.6 Å². The lowest BCUT2D eigenvalue weighted by Gasteiger charge is -2.11. The second kappa shape index (κ2) is 29.5. The van der Waals surface area contributed by atoms with E-state index in [2.05, 4.69) is 13.8 Å². The van der Waals surface area contributed by atoms with Crippen molar-refractivity contribution in [1.82, 2.24) is 0 Å². The highest BCUT2D eigenvalue weighted by atomic mass is 32.2. The number of carbonyl (C=O) groups excluding carboxylic acids is 2. The third-order valence-electron chi connectivity index (χ3n) is 8.63. The zero-order valence-corrected chi connectivity index (χ0v) is 31.0. The van der Waals surface area contributed by atoms with Crippen LogP contribution in [0.25, 0.3) is 0 Å². The molecule has 48 heavy (non-hydrogen) atoms. The number of ether oxygens (including phenoxy) is 2. The molecule has 0 saturated carbocycles. The SMILES string of the molecule is CCCCCCCCCCCCC/C=C/COC(=O)c1cccc(S(=O)(=O)O)c1C(=O)OC/C=C/CCCCCCCCCCCCC. The summed E-state index contributed by atoms with van der Waals surface area (Å²) in [5, 5.41) is 0. The summed E-state index contributed by atoms with van der Waals surface area (Å²) in [5.74, 6) is -1.87. The Morgan fingerprint density at radius 1 is 0.562 bits per heavy atom. The number of allylic oxidation sites excluding steroid dienone is 2. The van der Waals surface area contributed by atoms with Gasteiger partial charge in [0.25, 0.3) is 10.1 Å². The van der Waals surface area contributed by atoms with E-state index in [1.54, 1.807) is 12.2 Å². The number of hydrogen-bond donors (Lipinski definition) is 1. The quantitative estimate of drug-likeness (QED) is 0.0357. The van der Waals surface area contributed by atoms with Crippen LogP contribution in [0.1, 0.15) is 189 Å². The van der Waals surface area contributed by atoms with Crippen LogP contribution in [0.15, 0.2) is 47.4 Å². The number of unbranched alkanes of at least 4 members (excludes halogenated alkanes) is 22. The van der Waals surface area contributed by atoms with E-state index in [0.717, 1.165) is 38.2 Å². The van der Waals surface area contributed by atoms with Crippen molar-refractivity contribution < 1.29 is 32.0 Å². The van der Waals surface area contributed by atoms with Gasteiger partial charge in [0.05, 0.1) is 11.1 Å². The first-order valence-corrected chi connectivity index (χ1v) is 20.5. The summed E-state index contributed by atoms with van der Waals surface area (Å²) in [7, 11) is -4.79. The smallest absolute Gasteiger partial charge is 0.340 e. The lowest BCUT2D eigenvalue weighted by molar-refractivity contribution is 0.0499. The van der Waals surface area contributed by atoms with Gasteiger partial charge in [0.1, 0.15) is 18.1 Å². The van der Waals surface area contributed by atoms with E-state index in [1.165, 1.54) is 134 Å². The fourth-order valence-corrected chi connectivity index (χ4v) is 6.45. The molecule has 0 radical (unpaired) electrons. The maximum atomic E-state index is 12.9. The Hall–Kier alpha value is -2.45. The van der Waals surface area contributed by atoms with Crippen LogP contribution in [0.4, 0.5) is 0 Å². The second-order valence-corrected chi connectivity index (χ2v) is 14.3. The summed E-state index contributed by atoms with van der Waals surface area (Å²) in [6.07, 6.45) is 37.2. The first-order chi connectivity index (χ1) is 23.3. The van der Waals surface area contributed by atoms with E-state index in [0.29, 0.717) is 0 Å². The Kier molecular flexibility index (Phi) is 26.7. The third-order valence-corrected chi connectivity index (χ3v) is 9.53. The van der Waals surface area contributed by atoms with Crippen LogP contribution >= 0.6 is 0 Å². The van der Waals surface area contributed by atoms with Gasteiger partial charge in [-0.1, -0.05) is 173 Å². The van der Waals surface area contributed by atoms with Crippen molar-refractivity contribution in [3.8, 4) is 0 Å². The fourth-order valence-electron chi connectivity index (χ4n) is 5.75. The number of benzene rings is 1. The van der Waals surface area contributed by atoms with Crippen LogP contribution in [-0.2, 0) is 19.6 Å². The van der Waals surface area contributed by atoms with Crippen molar-refractivity contribution in [3.63, 3.8) is 0 Å². The third kappa shape index (κ3) is 22.2. The number of rotatable bonds is 31. The summed E-state index contributed by atoms with van der Waals surface area (Å²) in [4.78, 5) is 25.1. The Morgan fingerprint density at radius 3 is 1.33 bits per heavy atom. The maximum Gasteiger partial charge on any atom is 0.340 e. The predicted molar refractivity (Wildman–Crippen MR) is 197 cm³/mol. The molecule has 0 amide bonds. The highest BCUT2D eigenvalue weighted by Gasteiger charge is 2.28. The molecule has 1 rings (SSSR count). The van der Waals surface area contributed by atoms with Gasteiger partial charge >= 0.3 is 11.9 Å². The molecule has 0 saturated heterocycles. The molecule has 0 aliphatic heterocycles. The summed E-state index contributed by atoms with van der Waals surface area (Å²) in [6, 6.07) is 3.65. The molecule has 0 fully saturated rings. The van der Waals surface area contributed by atoms with Crippen LogP contribution in [-0.4, -0.2) is 38.1 Å². The minimum Gasteiger partial charge on any atom is -0.458 e. The molecule has 0 atom stereocenters. The first-order valence-electron chi connectivity index (χ1n) is 19.1. The van der Waals surface area contributed by atoms with Gasteiger partial charge in [0.15, 0.2) is 0 Å². The monoisotopic (exact) mass is 690 g/mol. The van der Waals surface area contributed by atoms with Gasteiger partial charge in [-0.05, 0) is 37.8 Å². The summed E-state index contributed by atoms with van der Waals surface area (Å²) >= 11 is 0. The van der Waals surface area contributed by atoms with Crippen LogP contribution in [0.3, 0.4) is 0 Å². The van der Waals surface area contributed by atoms with Crippen LogP contribution in [0.5, 0.6) is 0 Å². The van der Waals surface area contributed by atoms with Gasteiger partial charge in [-0.3, -0.25) is 4.55 Å². The summed E-state index contributed by atoms with van der Waals surface area (Å²) < 4.78 is 44.4. The average molecular weight is 691 g/mol. The lowest BCUT2D eigenvalue weighted by atomic mass is 10.1. The average Bonchev–Trinajstić information content (AvgIpc) is 3.07. The Morgan fingerprint density at radius 2 is 0.938 bits per heavy atom. The molecular weight excluding hydrogens is 624 g/mol. The van der Waals surface area contributed by atoms with Crippen molar-refractivity contribution in [1.29, 1.82) is 0 Å². The van der Waals surface area contributed by atoms with Crippen molar-refractivity contribution >= 4 is 22.1 Å². The largest absolute Gasteiger partial charge is 0.458 e. The Labute approximate surface area is 293 Å². The predicted octanol–water partition coefficient (Wildman–Crippen LogP) is 11.8. The number of esters is 2. The zero-order valence-electron chi connectivity index (χ0n) is 30.2. The van der Waals surface area contributed by atoms with E-state index >= 15 is 0 Å². The van der Waals surface area contributed by atoms with Gasteiger partial charge in [-0.25, -0.2) is 9.59 Å². The van der Waals surface area contributed by atoms with Gasteiger partial charge in [-0.2, -0.15) is 8.42 Å². The van der Waals surface area contributed by atoms with Crippen molar-refractivity contribution in [2.45, 2.75) is 173 Å². The van der Waals surface area contributed by atoms with Gasteiger partial charge in [0.2, 0.25) is 0 Å². The van der Waals surface area contributed by atoms with E-state index in [9.17, 15) is 22.6 Å². The lowest BCUT2D eigenvalue weighted by Crippen LogP contribution is -2.18. The summed E-state index contributed by atoms with van der Waals surface area (Å²) in [6.45, 7) is 4.40. The molecule has 1 N–H and O–H groups in total. The Bertz CT molecular complexity index is 1140.